The number of methoxy groups -OCH3 is 1. The second kappa shape index (κ2) is 10.7. The van der Waals surface area contributed by atoms with Crippen molar-refractivity contribution in [2.45, 2.75) is 47.4 Å². The van der Waals surface area contributed by atoms with Crippen molar-refractivity contribution >= 4 is 35.7 Å². The van der Waals surface area contributed by atoms with Crippen LogP contribution in [-0.4, -0.2) is 26.9 Å². The van der Waals surface area contributed by atoms with Crippen molar-refractivity contribution in [1.29, 1.82) is 0 Å². The Labute approximate surface area is 196 Å². The number of para-hydroxylation sites is 1. The monoisotopic (exact) mass is 529 g/mol. The molecule has 1 nitrogen and oxygen atoms in total. The van der Waals surface area contributed by atoms with Gasteiger partial charge in [0.1, 0.15) is 0 Å². The van der Waals surface area contributed by atoms with Gasteiger partial charge in [-0.25, -0.2) is 0 Å². The average Bonchev–Trinajstić information content (AvgIpc) is 2.74. The summed E-state index contributed by atoms with van der Waals surface area (Å²) >= 11 is -2.09. The third kappa shape index (κ3) is 6.04. The number of ether oxygens (including phenoxy) is 1. The van der Waals surface area contributed by atoms with E-state index in [1.807, 2.05) is 7.11 Å². The Morgan fingerprint density at radius 2 is 1.03 bits per heavy atom. The van der Waals surface area contributed by atoms with Crippen molar-refractivity contribution < 1.29 is 4.74 Å². The molecule has 0 aliphatic carbocycles. The second-order valence-corrected chi connectivity index (χ2v) is 16.2. The van der Waals surface area contributed by atoms with Gasteiger partial charge in [0, 0.05) is 0 Å². The van der Waals surface area contributed by atoms with E-state index >= 15 is 0 Å². The van der Waals surface area contributed by atoms with Crippen LogP contribution in [-0.2, 0) is 10.8 Å². The molecule has 159 valence electrons. The zero-order chi connectivity index (χ0) is 20.9. The van der Waals surface area contributed by atoms with Crippen LogP contribution in [0.25, 0.3) is 0 Å². The quantitative estimate of drug-likeness (QED) is 0.293. The Morgan fingerprint density at radius 1 is 0.633 bits per heavy atom. The third-order valence-electron chi connectivity index (χ3n) is 5.91. The molecular formula is C27H34ClOSn. The minimum atomic E-state index is -2.09. The maximum absolute atomic E-state index is 5.82. The van der Waals surface area contributed by atoms with Crippen LogP contribution < -0.4 is 8.32 Å². The van der Waals surface area contributed by atoms with Crippen LogP contribution in [0.1, 0.15) is 38.8 Å². The van der Waals surface area contributed by atoms with Crippen LogP contribution in [0.5, 0.6) is 5.75 Å². The van der Waals surface area contributed by atoms with E-state index in [1.54, 1.807) is 0 Å². The first kappa shape index (κ1) is 24.8. The Kier molecular flexibility index (Phi) is 8.87. The molecule has 0 atom stereocenters. The Balaban J connectivity index is 0.00000320. The van der Waals surface area contributed by atoms with E-state index < -0.39 is 19.8 Å². The van der Waals surface area contributed by atoms with Crippen LogP contribution in [0.15, 0.2) is 84.9 Å². The largest absolute Gasteiger partial charge is 0.147 e. The zero-order valence-corrected chi connectivity index (χ0v) is 22.5. The minimum Gasteiger partial charge on any atom is -0.147 e. The molecular weight excluding hydrogens is 494 g/mol. The van der Waals surface area contributed by atoms with Gasteiger partial charge >= 0.3 is 184 Å². The molecule has 0 bridgehead atoms. The minimum absolute atomic E-state index is 0. The first-order valence-electron chi connectivity index (χ1n) is 10.4. The van der Waals surface area contributed by atoms with Crippen molar-refractivity contribution in [1.82, 2.24) is 0 Å². The summed E-state index contributed by atoms with van der Waals surface area (Å²) in [5.74, 6) is 1.08. The first-order chi connectivity index (χ1) is 13.8. The van der Waals surface area contributed by atoms with Gasteiger partial charge in [-0.05, 0) is 0 Å². The van der Waals surface area contributed by atoms with E-state index in [0.717, 1.165) is 5.75 Å². The molecule has 0 saturated heterocycles. The molecule has 0 spiro atoms. The standard InChI is InChI=1S/2C10H13.C7H7O.ClH.Sn/c2*1-10(2,3)9-7-5-4-6-8-9;1-8-7-5-3-2-4-6-7;;/h2*4-8H,1H2,2-3H3;2-5H,1H3;1H;. The summed E-state index contributed by atoms with van der Waals surface area (Å²) in [5.41, 5.74) is 3.18. The van der Waals surface area contributed by atoms with Crippen LogP contribution in [0.3, 0.4) is 0 Å². The van der Waals surface area contributed by atoms with Crippen LogP contribution in [0.4, 0.5) is 0 Å². The molecule has 0 fully saturated rings. The summed E-state index contributed by atoms with van der Waals surface area (Å²) in [5, 5.41) is 0. The van der Waals surface area contributed by atoms with Gasteiger partial charge in [0.2, 0.25) is 0 Å². The molecule has 0 saturated carbocycles. The van der Waals surface area contributed by atoms with Gasteiger partial charge in [-0.1, -0.05) is 0 Å². The third-order valence-corrected chi connectivity index (χ3v) is 16.7. The first-order valence-corrected chi connectivity index (χ1v) is 15.9. The molecule has 0 aromatic heterocycles. The van der Waals surface area contributed by atoms with Gasteiger partial charge < -0.3 is 0 Å². The predicted octanol–water partition coefficient (Wildman–Crippen LogP) is 6.77. The van der Waals surface area contributed by atoms with Crippen molar-refractivity contribution in [2.75, 3.05) is 7.11 Å². The Morgan fingerprint density at radius 3 is 1.47 bits per heavy atom. The Bertz CT molecular complexity index is 853. The summed E-state index contributed by atoms with van der Waals surface area (Å²) in [6.45, 7) is 9.64. The topological polar surface area (TPSA) is 9.23 Å². The summed E-state index contributed by atoms with van der Waals surface area (Å²) in [7, 11) is 1.81. The number of rotatable bonds is 8. The average molecular weight is 529 g/mol. The maximum Gasteiger partial charge on any atom is -0.147 e. The Hall–Kier alpha value is -1.45. The summed E-state index contributed by atoms with van der Waals surface area (Å²) < 4.78 is 9.84. The normalized spacial score (nSPS) is 11.8. The molecule has 3 heteroatoms. The number of halogens is 1. The molecule has 0 heterocycles. The maximum atomic E-state index is 5.82. The van der Waals surface area contributed by atoms with E-state index in [0.29, 0.717) is 0 Å². The van der Waals surface area contributed by atoms with E-state index in [-0.39, 0.29) is 23.2 Å². The summed E-state index contributed by atoms with van der Waals surface area (Å²) in [4.78, 5) is 0. The van der Waals surface area contributed by atoms with E-state index in [2.05, 4.69) is 113 Å². The van der Waals surface area contributed by atoms with Crippen LogP contribution >= 0.6 is 12.4 Å². The SMILES string of the molecule is COc1cccc[c]1[Sn]([CH2]C(C)(C)c1ccccc1)[CH2]C(C)(C)c1ccccc1.Cl. The fourth-order valence-corrected chi connectivity index (χ4v) is 15.4. The fourth-order valence-electron chi connectivity index (χ4n) is 4.24. The van der Waals surface area contributed by atoms with E-state index in [4.69, 9.17) is 4.74 Å². The molecule has 3 aromatic carbocycles. The van der Waals surface area contributed by atoms with Crippen molar-refractivity contribution in [2.24, 2.45) is 0 Å². The molecule has 30 heavy (non-hydrogen) atoms. The van der Waals surface area contributed by atoms with Crippen LogP contribution in [0.2, 0.25) is 8.87 Å². The molecule has 3 aromatic rings. The summed E-state index contributed by atoms with van der Waals surface area (Å²) in [6.07, 6.45) is 0. The molecule has 0 aliphatic rings. The molecule has 0 amide bonds. The second-order valence-electron chi connectivity index (χ2n) is 9.16. The van der Waals surface area contributed by atoms with Crippen molar-refractivity contribution in [3.8, 4) is 5.75 Å². The molecule has 0 aliphatic heterocycles. The van der Waals surface area contributed by atoms with Gasteiger partial charge in [-0.15, -0.1) is 12.4 Å². The van der Waals surface area contributed by atoms with Gasteiger partial charge in [-0.2, -0.15) is 0 Å². The summed E-state index contributed by atoms with van der Waals surface area (Å²) in [6, 6.07) is 30.7. The van der Waals surface area contributed by atoms with Gasteiger partial charge in [0.25, 0.3) is 0 Å². The van der Waals surface area contributed by atoms with Gasteiger partial charge in [0.05, 0.1) is 0 Å². The van der Waals surface area contributed by atoms with Crippen molar-refractivity contribution in [3.63, 3.8) is 0 Å². The number of hydrogen-bond acceptors (Lipinski definition) is 1. The van der Waals surface area contributed by atoms with E-state index in [1.165, 1.54) is 23.6 Å². The van der Waals surface area contributed by atoms with E-state index in [9.17, 15) is 0 Å². The van der Waals surface area contributed by atoms with Crippen molar-refractivity contribution in [3.05, 3.63) is 96.1 Å². The van der Waals surface area contributed by atoms with Crippen LogP contribution in [0, 0.1) is 0 Å². The number of benzene rings is 3. The molecule has 1 radical (unpaired) electrons. The number of hydrogen-bond donors (Lipinski definition) is 0. The molecule has 0 N–H and O–H groups in total. The smallest absolute Gasteiger partial charge is 0.147 e. The fraction of sp³-hybridized carbons (Fsp3) is 0.333. The molecule has 0 unspecified atom stereocenters. The van der Waals surface area contributed by atoms with Gasteiger partial charge in [-0.3, -0.25) is 0 Å². The zero-order valence-electron chi connectivity index (χ0n) is 18.8. The predicted molar refractivity (Wildman–Crippen MR) is 134 cm³/mol. The molecule has 3 rings (SSSR count). The van der Waals surface area contributed by atoms with Gasteiger partial charge in [0.15, 0.2) is 0 Å².